The van der Waals surface area contributed by atoms with E-state index in [2.05, 4.69) is 19.5 Å². The number of alkyl halides is 6. The van der Waals surface area contributed by atoms with Crippen LogP contribution in [0.15, 0.2) is 11.5 Å². The summed E-state index contributed by atoms with van der Waals surface area (Å²) in [7, 11) is 0.943. The van der Waals surface area contributed by atoms with Gasteiger partial charge in [-0.15, -0.1) is 0 Å². The Labute approximate surface area is 132 Å². The molecule has 140 valence electrons. The van der Waals surface area contributed by atoms with Crippen LogP contribution in [0.3, 0.4) is 0 Å². The van der Waals surface area contributed by atoms with Gasteiger partial charge in [-0.1, -0.05) is 0 Å². The van der Waals surface area contributed by atoms with Crippen LogP contribution in [0.2, 0.25) is 0 Å². The minimum atomic E-state index is -4.89. The Morgan fingerprint density at radius 2 is 1.29 bits per heavy atom. The average molecular weight is 367 g/mol. The Hall–Kier alpha value is -2.14. The molecule has 0 spiro atoms. The summed E-state index contributed by atoms with van der Waals surface area (Å²) in [6, 6.07) is -0.471. The first kappa shape index (κ1) is 21.9. The van der Waals surface area contributed by atoms with Crippen molar-refractivity contribution in [3.05, 3.63) is 11.5 Å². The lowest BCUT2D eigenvalue weighted by atomic mass is 10.2. The molecule has 0 unspecified atom stereocenters. The normalized spacial score (nSPS) is 11.8. The molecule has 0 bridgehead atoms. The van der Waals surface area contributed by atoms with Gasteiger partial charge in [0.1, 0.15) is 0 Å². The second kappa shape index (κ2) is 8.64. The van der Waals surface area contributed by atoms with Crippen molar-refractivity contribution in [2.45, 2.75) is 32.2 Å². The molecule has 1 N–H and O–H groups in total. The summed E-state index contributed by atoms with van der Waals surface area (Å²) < 4.78 is 84.8. The molecule has 0 rings (SSSR count). The molecule has 0 saturated carbocycles. The standard InChI is InChI=1S/C12H15F6NO5/c1-6(2)19-8(22-3)7(9(20)23-4-11(13,14)15)10(21)24-5-12(16,17)18/h6,19H,4-5H2,1-3H3. The molecule has 0 heterocycles. The number of halogens is 6. The Morgan fingerprint density at radius 1 is 0.917 bits per heavy atom. The molecular formula is C12H15F6NO5. The van der Waals surface area contributed by atoms with Crippen LogP contribution in [-0.2, 0) is 23.8 Å². The molecule has 0 radical (unpaired) electrons. The highest BCUT2D eigenvalue weighted by Crippen LogP contribution is 2.19. The van der Waals surface area contributed by atoms with E-state index in [1.165, 1.54) is 13.8 Å². The largest absolute Gasteiger partial charge is 0.482 e. The molecule has 0 aromatic rings. The molecule has 12 heteroatoms. The lowest BCUT2D eigenvalue weighted by Gasteiger charge is -2.17. The Balaban J connectivity index is 5.46. The van der Waals surface area contributed by atoms with Gasteiger partial charge < -0.3 is 19.5 Å². The van der Waals surface area contributed by atoms with E-state index in [4.69, 9.17) is 0 Å². The Morgan fingerprint density at radius 3 is 1.54 bits per heavy atom. The van der Waals surface area contributed by atoms with Gasteiger partial charge >= 0.3 is 24.3 Å². The summed E-state index contributed by atoms with van der Waals surface area (Å²) in [5.74, 6) is -4.36. The fourth-order valence-electron chi connectivity index (χ4n) is 1.20. The fraction of sp³-hybridized carbons (Fsp3) is 0.667. The van der Waals surface area contributed by atoms with E-state index in [0.29, 0.717) is 0 Å². The lowest BCUT2D eigenvalue weighted by Crippen LogP contribution is -2.33. The van der Waals surface area contributed by atoms with E-state index in [-0.39, 0.29) is 0 Å². The summed E-state index contributed by atoms with van der Waals surface area (Å²) in [6.45, 7) is -1.06. The molecule has 0 fully saturated rings. The predicted molar refractivity (Wildman–Crippen MR) is 66.3 cm³/mol. The third-order valence-corrected chi connectivity index (χ3v) is 1.99. The maximum Gasteiger partial charge on any atom is 0.422 e. The van der Waals surface area contributed by atoms with Crippen molar-refractivity contribution >= 4 is 11.9 Å². The molecule has 0 aromatic carbocycles. The topological polar surface area (TPSA) is 73.9 Å². The number of carbonyl (C=O) groups is 2. The first-order valence-corrected chi connectivity index (χ1v) is 6.29. The van der Waals surface area contributed by atoms with E-state index in [9.17, 15) is 35.9 Å². The van der Waals surface area contributed by atoms with E-state index in [1.54, 1.807) is 0 Å². The SMILES string of the molecule is COC(NC(C)C)=C(C(=O)OCC(F)(F)F)C(=O)OCC(F)(F)F. The van der Waals surface area contributed by atoms with Crippen molar-refractivity contribution in [2.75, 3.05) is 20.3 Å². The van der Waals surface area contributed by atoms with Gasteiger partial charge in [0, 0.05) is 6.04 Å². The molecular weight excluding hydrogens is 352 g/mol. The molecule has 0 amide bonds. The van der Waals surface area contributed by atoms with Crippen LogP contribution >= 0.6 is 0 Å². The van der Waals surface area contributed by atoms with Gasteiger partial charge in [0.2, 0.25) is 11.5 Å². The van der Waals surface area contributed by atoms with Crippen molar-refractivity contribution < 1.29 is 50.1 Å². The number of rotatable bonds is 7. The van der Waals surface area contributed by atoms with Crippen LogP contribution in [0.25, 0.3) is 0 Å². The van der Waals surface area contributed by atoms with Gasteiger partial charge in [-0.25, -0.2) is 9.59 Å². The van der Waals surface area contributed by atoms with E-state index < -0.39 is 55.0 Å². The zero-order chi connectivity index (χ0) is 19.1. The van der Waals surface area contributed by atoms with Crippen molar-refractivity contribution in [1.29, 1.82) is 0 Å². The van der Waals surface area contributed by atoms with Gasteiger partial charge in [-0.05, 0) is 13.8 Å². The Bertz CT molecular complexity index is 451. The second-order valence-electron chi connectivity index (χ2n) is 4.59. The number of methoxy groups -OCH3 is 1. The van der Waals surface area contributed by atoms with E-state index >= 15 is 0 Å². The number of esters is 2. The highest BCUT2D eigenvalue weighted by Gasteiger charge is 2.36. The van der Waals surface area contributed by atoms with Crippen LogP contribution in [0.1, 0.15) is 13.8 Å². The average Bonchev–Trinajstić information content (AvgIpc) is 2.40. The number of nitrogens with one attached hydrogen (secondary N) is 1. The predicted octanol–water partition coefficient (Wildman–Crippen LogP) is 2.05. The molecule has 0 aliphatic rings. The van der Waals surface area contributed by atoms with Gasteiger partial charge in [0.25, 0.3) is 0 Å². The van der Waals surface area contributed by atoms with Crippen LogP contribution in [0, 0.1) is 0 Å². The zero-order valence-electron chi connectivity index (χ0n) is 12.8. The van der Waals surface area contributed by atoms with Crippen LogP contribution < -0.4 is 5.32 Å². The second-order valence-corrected chi connectivity index (χ2v) is 4.59. The van der Waals surface area contributed by atoms with Crippen molar-refractivity contribution in [3.63, 3.8) is 0 Å². The van der Waals surface area contributed by atoms with E-state index in [1.807, 2.05) is 0 Å². The molecule has 0 aliphatic carbocycles. The lowest BCUT2D eigenvalue weighted by molar-refractivity contribution is -0.189. The molecule has 6 nitrogen and oxygen atoms in total. The molecule has 0 atom stereocenters. The quantitative estimate of drug-likeness (QED) is 0.185. The number of hydrogen-bond donors (Lipinski definition) is 1. The van der Waals surface area contributed by atoms with Crippen molar-refractivity contribution in [3.8, 4) is 0 Å². The number of hydrogen-bond acceptors (Lipinski definition) is 6. The summed E-state index contributed by atoms with van der Waals surface area (Å²) in [6.07, 6.45) is -9.79. The number of ether oxygens (including phenoxy) is 3. The summed E-state index contributed by atoms with van der Waals surface area (Å²) in [4.78, 5) is 23.3. The number of carbonyl (C=O) groups excluding carboxylic acids is 2. The minimum Gasteiger partial charge on any atom is -0.482 e. The van der Waals surface area contributed by atoms with Gasteiger partial charge in [-0.3, -0.25) is 0 Å². The third-order valence-electron chi connectivity index (χ3n) is 1.99. The maximum atomic E-state index is 12.1. The molecule has 0 aliphatic heterocycles. The van der Waals surface area contributed by atoms with Crippen LogP contribution in [-0.4, -0.2) is 50.7 Å². The van der Waals surface area contributed by atoms with Crippen molar-refractivity contribution in [1.82, 2.24) is 5.32 Å². The van der Waals surface area contributed by atoms with Crippen molar-refractivity contribution in [2.24, 2.45) is 0 Å². The molecule has 0 aromatic heterocycles. The summed E-state index contributed by atoms with van der Waals surface area (Å²) in [5.41, 5.74) is -1.25. The highest BCUT2D eigenvalue weighted by atomic mass is 19.4. The van der Waals surface area contributed by atoms with Crippen LogP contribution in [0.4, 0.5) is 26.3 Å². The summed E-state index contributed by atoms with van der Waals surface area (Å²) >= 11 is 0. The third kappa shape index (κ3) is 9.10. The fourth-order valence-corrected chi connectivity index (χ4v) is 1.20. The Kier molecular flexibility index (Phi) is 7.87. The first-order valence-electron chi connectivity index (χ1n) is 6.29. The highest BCUT2D eigenvalue weighted by molar-refractivity contribution is 6.14. The smallest absolute Gasteiger partial charge is 0.422 e. The monoisotopic (exact) mass is 367 g/mol. The van der Waals surface area contributed by atoms with Gasteiger partial charge in [0.15, 0.2) is 13.2 Å². The summed E-state index contributed by atoms with van der Waals surface area (Å²) in [5, 5.41) is 2.38. The molecule has 24 heavy (non-hydrogen) atoms. The van der Waals surface area contributed by atoms with Crippen LogP contribution in [0.5, 0.6) is 0 Å². The van der Waals surface area contributed by atoms with E-state index in [0.717, 1.165) is 7.11 Å². The first-order chi connectivity index (χ1) is 10.8. The van der Waals surface area contributed by atoms with Gasteiger partial charge in [-0.2, -0.15) is 26.3 Å². The zero-order valence-corrected chi connectivity index (χ0v) is 12.8. The maximum absolute atomic E-state index is 12.1. The van der Waals surface area contributed by atoms with Gasteiger partial charge in [0.05, 0.1) is 7.11 Å². The minimum absolute atomic E-state index is 0.471. The molecule has 0 saturated heterocycles.